The van der Waals surface area contributed by atoms with E-state index in [0.29, 0.717) is 19.4 Å². The van der Waals surface area contributed by atoms with Crippen LogP contribution >= 0.6 is 0 Å². The van der Waals surface area contributed by atoms with Gasteiger partial charge in [0.25, 0.3) is 0 Å². The van der Waals surface area contributed by atoms with Crippen LogP contribution in [0.5, 0.6) is 5.75 Å². The predicted molar refractivity (Wildman–Crippen MR) is 101 cm³/mol. The van der Waals surface area contributed by atoms with Crippen LogP contribution in [0.1, 0.15) is 36.2 Å². The smallest absolute Gasteiger partial charge is 0.225 e. The van der Waals surface area contributed by atoms with Crippen molar-refractivity contribution in [2.75, 3.05) is 25.1 Å². The fourth-order valence-corrected chi connectivity index (χ4v) is 3.09. The number of aryl methyl sites for hydroxylation is 2. The molecule has 1 aromatic heterocycles. The number of methoxy groups -OCH3 is 1. The summed E-state index contributed by atoms with van der Waals surface area (Å²) in [5.74, 6) is 1.64. The van der Waals surface area contributed by atoms with E-state index >= 15 is 0 Å². The summed E-state index contributed by atoms with van der Waals surface area (Å²) in [7, 11) is 1.65. The second kappa shape index (κ2) is 8.65. The van der Waals surface area contributed by atoms with Gasteiger partial charge in [-0.05, 0) is 49.9 Å². The van der Waals surface area contributed by atoms with Crippen molar-refractivity contribution in [3.05, 3.63) is 47.3 Å². The average molecular weight is 354 g/mol. The second-order valence-electron chi connectivity index (χ2n) is 6.62. The molecule has 0 radical (unpaired) electrons. The molecule has 0 bridgehead atoms. The summed E-state index contributed by atoms with van der Waals surface area (Å²) < 4.78 is 5.14. The molecule has 1 aliphatic heterocycles. The lowest BCUT2D eigenvalue weighted by Crippen LogP contribution is -2.25. The van der Waals surface area contributed by atoms with Crippen molar-refractivity contribution in [1.29, 1.82) is 0 Å². The number of anilines is 1. The third kappa shape index (κ3) is 4.94. The van der Waals surface area contributed by atoms with Gasteiger partial charge in [-0.25, -0.2) is 9.97 Å². The second-order valence-corrected chi connectivity index (χ2v) is 6.62. The summed E-state index contributed by atoms with van der Waals surface area (Å²) in [5.41, 5.74) is 2.91. The van der Waals surface area contributed by atoms with E-state index in [9.17, 15) is 4.79 Å². The van der Waals surface area contributed by atoms with Crippen LogP contribution in [0.15, 0.2) is 30.3 Å². The van der Waals surface area contributed by atoms with E-state index in [1.807, 2.05) is 37.3 Å². The highest BCUT2D eigenvalue weighted by Crippen LogP contribution is 2.17. The number of hydrogen-bond acceptors (Lipinski definition) is 5. The number of ether oxygens (including phenoxy) is 1. The van der Waals surface area contributed by atoms with Crippen LogP contribution in [-0.2, 0) is 17.8 Å². The van der Waals surface area contributed by atoms with Crippen molar-refractivity contribution in [3.8, 4) is 5.75 Å². The first-order chi connectivity index (χ1) is 12.6. The first kappa shape index (κ1) is 18.2. The molecule has 1 aliphatic rings. The predicted octanol–water partition coefficient (Wildman–Crippen LogP) is 2.64. The van der Waals surface area contributed by atoms with E-state index in [0.717, 1.165) is 41.7 Å². The molecule has 1 saturated heterocycles. The monoisotopic (exact) mass is 354 g/mol. The van der Waals surface area contributed by atoms with Crippen LogP contribution in [0.25, 0.3) is 0 Å². The van der Waals surface area contributed by atoms with Crippen molar-refractivity contribution < 1.29 is 9.53 Å². The van der Waals surface area contributed by atoms with Gasteiger partial charge in [0.15, 0.2) is 0 Å². The van der Waals surface area contributed by atoms with E-state index in [1.165, 1.54) is 12.8 Å². The third-order valence-electron chi connectivity index (χ3n) is 4.55. The van der Waals surface area contributed by atoms with E-state index in [4.69, 9.17) is 4.74 Å². The molecule has 0 aliphatic carbocycles. The normalized spacial score (nSPS) is 13.7. The maximum absolute atomic E-state index is 12.1. The number of carbonyl (C=O) groups is 1. The van der Waals surface area contributed by atoms with E-state index in [-0.39, 0.29) is 5.91 Å². The molecular formula is C20H26N4O2. The zero-order chi connectivity index (χ0) is 18.4. The lowest BCUT2D eigenvalue weighted by molar-refractivity contribution is -0.121. The minimum Gasteiger partial charge on any atom is -0.497 e. The minimum absolute atomic E-state index is 0.0276. The maximum Gasteiger partial charge on any atom is 0.225 e. The molecule has 0 atom stereocenters. The van der Waals surface area contributed by atoms with E-state index in [2.05, 4.69) is 20.2 Å². The summed E-state index contributed by atoms with van der Waals surface area (Å²) in [4.78, 5) is 23.5. The van der Waals surface area contributed by atoms with E-state index < -0.39 is 0 Å². The van der Waals surface area contributed by atoms with Gasteiger partial charge >= 0.3 is 0 Å². The van der Waals surface area contributed by atoms with Gasteiger partial charge in [0.05, 0.1) is 19.3 Å². The van der Waals surface area contributed by atoms with Crippen LogP contribution in [0.3, 0.4) is 0 Å². The molecule has 1 fully saturated rings. The topological polar surface area (TPSA) is 67.3 Å². The van der Waals surface area contributed by atoms with Gasteiger partial charge in [0, 0.05) is 25.2 Å². The first-order valence-electron chi connectivity index (χ1n) is 9.13. The van der Waals surface area contributed by atoms with Gasteiger partial charge < -0.3 is 15.0 Å². The Morgan fingerprint density at radius 2 is 1.92 bits per heavy atom. The van der Waals surface area contributed by atoms with Gasteiger partial charge in [-0.2, -0.15) is 0 Å². The Balaban J connectivity index is 1.50. The molecule has 0 saturated carbocycles. The number of carbonyl (C=O) groups excluding carboxylic acids is 1. The zero-order valence-electron chi connectivity index (χ0n) is 15.5. The molecule has 1 amide bonds. The van der Waals surface area contributed by atoms with E-state index in [1.54, 1.807) is 7.11 Å². The standard InChI is InChI=1S/C20H26N4O2/c1-15-13-17(23-20(22-15)24-11-3-4-12-24)14-21-19(25)10-7-16-5-8-18(26-2)9-6-16/h5-6,8-9,13H,3-4,7,10-12,14H2,1-2H3,(H,21,25). The Morgan fingerprint density at radius 1 is 1.19 bits per heavy atom. The molecule has 1 N–H and O–H groups in total. The van der Waals surface area contributed by atoms with Gasteiger partial charge in [-0.15, -0.1) is 0 Å². The Kier molecular flexibility index (Phi) is 6.04. The van der Waals surface area contributed by atoms with Gasteiger partial charge in [-0.1, -0.05) is 12.1 Å². The molecule has 6 nitrogen and oxygen atoms in total. The SMILES string of the molecule is COc1ccc(CCC(=O)NCc2cc(C)nc(N3CCCC3)n2)cc1. The lowest BCUT2D eigenvalue weighted by Gasteiger charge is -2.16. The van der Waals surface area contributed by atoms with Crippen molar-refractivity contribution >= 4 is 11.9 Å². The van der Waals surface area contributed by atoms with Gasteiger partial charge in [-0.3, -0.25) is 4.79 Å². The van der Waals surface area contributed by atoms with Crippen LogP contribution in [0, 0.1) is 6.92 Å². The number of rotatable bonds is 7. The highest BCUT2D eigenvalue weighted by atomic mass is 16.5. The van der Waals surface area contributed by atoms with Gasteiger partial charge in [0.2, 0.25) is 11.9 Å². The first-order valence-corrected chi connectivity index (χ1v) is 9.13. The van der Waals surface area contributed by atoms with Gasteiger partial charge in [0.1, 0.15) is 5.75 Å². The summed E-state index contributed by atoms with van der Waals surface area (Å²) in [6, 6.07) is 9.74. The van der Waals surface area contributed by atoms with Crippen molar-refractivity contribution in [2.45, 2.75) is 39.2 Å². The Labute approximate surface area is 154 Å². The molecule has 2 heterocycles. The lowest BCUT2D eigenvalue weighted by atomic mass is 10.1. The van der Waals surface area contributed by atoms with Crippen molar-refractivity contribution in [3.63, 3.8) is 0 Å². The molecule has 138 valence electrons. The molecule has 0 unspecified atom stereocenters. The molecule has 3 rings (SSSR count). The van der Waals surface area contributed by atoms with Crippen LogP contribution in [0.4, 0.5) is 5.95 Å². The summed E-state index contributed by atoms with van der Waals surface area (Å²) in [6.07, 6.45) is 3.54. The summed E-state index contributed by atoms with van der Waals surface area (Å²) in [6.45, 7) is 4.43. The third-order valence-corrected chi connectivity index (χ3v) is 4.55. The van der Waals surface area contributed by atoms with Crippen molar-refractivity contribution in [1.82, 2.24) is 15.3 Å². The quantitative estimate of drug-likeness (QED) is 0.828. The Bertz CT molecular complexity index is 740. The zero-order valence-corrected chi connectivity index (χ0v) is 15.5. The number of hydrogen-bond donors (Lipinski definition) is 1. The fourth-order valence-electron chi connectivity index (χ4n) is 3.09. The number of benzene rings is 1. The maximum atomic E-state index is 12.1. The minimum atomic E-state index is 0.0276. The number of nitrogens with zero attached hydrogens (tertiary/aromatic N) is 3. The number of amides is 1. The van der Waals surface area contributed by atoms with Crippen LogP contribution in [-0.4, -0.2) is 36.1 Å². The highest BCUT2D eigenvalue weighted by molar-refractivity contribution is 5.76. The average Bonchev–Trinajstić information content (AvgIpc) is 3.19. The molecule has 2 aromatic rings. The fraction of sp³-hybridized carbons (Fsp3) is 0.450. The molecule has 0 spiro atoms. The molecule has 26 heavy (non-hydrogen) atoms. The highest BCUT2D eigenvalue weighted by Gasteiger charge is 2.16. The number of nitrogens with one attached hydrogen (secondary N) is 1. The molecule has 6 heteroatoms. The molecule has 1 aromatic carbocycles. The van der Waals surface area contributed by atoms with Crippen molar-refractivity contribution in [2.24, 2.45) is 0 Å². The van der Waals surface area contributed by atoms with Crippen LogP contribution < -0.4 is 15.0 Å². The Morgan fingerprint density at radius 3 is 2.62 bits per heavy atom. The molecular weight excluding hydrogens is 328 g/mol. The summed E-state index contributed by atoms with van der Waals surface area (Å²) in [5, 5.41) is 2.96. The summed E-state index contributed by atoms with van der Waals surface area (Å²) >= 11 is 0. The van der Waals surface area contributed by atoms with Crippen LogP contribution in [0.2, 0.25) is 0 Å². The largest absolute Gasteiger partial charge is 0.497 e. The Hall–Kier alpha value is -2.63. The number of aromatic nitrogens is 2.